The van der Waals surface area contributed by atoms with Gasteiger partial charge >= 0.3 is 0 Å². The van der Waals surface area contributed by atoms with E-state index < -0.39 is 0 Å². The third-order valence-corrected chi connectivity index (χ3v) is 6.64. The summed E-state index contributed by atoms with van der Waals surface area (Å²) in [5.74, 6) is 3.27. The molecule has 0 radical (unpaired) electrons. The third-order valence-electron chi connectivity index (χ3n) is 6.64. The first-order chi connectivity index (χ1) is 10.3. The van der Waals surface area contributed by atoms with E-state index in [1.807, 2.05) is 0 Å². The van der Waals surface area contributed by atoms with Crippen molar-refractivity contribution in [2.45, 2.75) is 96.3 Å². The van der Waals surface area contributed by atoms with Gasteiger partial charge in [-0.05, 0) is 43.9 Å². The Bertz CT molecular complexity index is 323. The van der Waals surface area contributed by atoms with Gasteiger partial charge in [-0.2, -0.15) is 0 Å². The molecule has 21 heavy (non-hydrogen) atoms. The summed E-state index contributed by atoms with van der Waals surface area (Å²) in [7, 11) is 0. The monoisotopic (exact) mass is 290 g/mol. The maximum absolute atomic E-state index is 13.0. The molecule has 3 fully saturated rings. The Hall–Kier alpha value is -0.330. The molecule has 3 aliphatic carbocycles. The first-order valence-electron chi connectivity index (χ1n) is 9.88. The standard InChI is InChI=1S/C20H34O/c21-20(17-11-5-2-6-12-17)19-14-8-7-13-18(19)15-16-9-3-1-4-10-16/h16-19H,1-15H2/t18-,19+/m0/s1. The summed E-state index contributed by atoms with van der Waals surface area (Å²) in [6, 6.07) is 0. The Kier molecular flexibility index (Phi) is 5.77. The highest BCUT2D eigenvalue weighted by Crippen LogP contribution is 2.41. The smallest absolute Gasteiger partial charge is 0.139 e. The normalized spacial score (nSPS) is 33.0. The number of rotatable bonds is 4. The SMILES string of the molecule is O=C(C1CCCCC1)[C@@H]1CCCC[C@H]1CC1CCCCC1. The quantitative estimate of drug-likeness (QED) is 0.628. The summed E-state index contributed by atoms with van der Waals surface area (Å²) >= 11 is 0. The maximum Gasteiger partial charge on any atom is 0.139 e. The molecular weight excluding hydrogens is 256 g/mol. The zero-order valence-corrected chi connectivity index (χ0v) is 13.8. The predicted octanol–water partition coefficient (Wildman–Crippen LogP) is 5.91. The van der Waals surface area contributed by atoms with Crippen LogP contribution in [0.25, 0.3) is 0 Å². The van der Waals surface area contributed by atoms with Gasteiger partial charge in [0.2, 0.25) is 0 Å². The molecule has 1 heteroatoms. The minimum absolute atomic E-state index is 0.440. The van der Waals surface area contributed by atoms with Gasteiger partial charge in [0.05, 0.1) is 0 Å². The number of carbonyl (C=O) groups excluding carboxylic acids is 1. The molecule has 2 atom stereocenters. The van der Waals surface area contributed by atoms with Crippen molar-refractivity contribution in [3.05, 3.63) is 0 Å². The largest absolute Gasteiger partial charge is 0.299 e. The highest BCUT2D eigenvalue weighted by Gasteiger charge is 2.36. The molecule has 0 aromatic heterocycles. The van der Waals surface area contributed by atoms with Crippen LogP contribution in [0.2, 0.25) is 0 Å². The molecule has 3 rings (SSSR count). The van der Waals surface area contributed by atoms with Gasteiger partial charge in [-0.15, -0.1) is 0 Å². The van der Waals surface area contributed by atoms with Gasteiger partial charge < -0.3 is 0 Å². The third kappa shape index (κ3) is 4.11. The number of ketones is 1. The molecule has 1 nitrogen and oxygen atoms in total. The van der Waals surface area contributed by atoms with Gasteiger partial charge in [0, 0.05) is 11.8 Å². The lowest BCUT2D eigenvalue weighted by molar-refractivity contribution is -0.131. The maximum atomic E-state index is 13.0. The molecule has 0 amide bonds. The lowest BCUT2D eigenvalue weighted by Gasteiger charge is -2.36. The molecule has 0 saturated heterocycles. The summed E-state index contributed by atoms with van der Waals surface area (Å²) in [5, 5.41) is 0. The van der Waals surface area contributed by atoms with Crippen molar-refractivity contribution in [1.29, 1.82) is 0 Å². The molecule has 120 valence electrons. The van der Waals surface area contributed by atoms with E-state index in [4.69, 9.17) is 0 Å². The van der Waals surface area contributed by atoms with Crippen LogP contribution >= 0.6 is 0 Å². The van der Waals surface area contributed by atoms with Gasteiger partial charge in [-0.1, -0.05) is 64.2 Å². The van der Waals surface area contributed by atoms with Crippen LogP contribution in [-0.2, 0) is 4.79 Å². The van der Waals surface area contributed by atoms with Crippen LogP contribution in [0.4, 0.5) is 0 Å². The number of hydrogen-bond acceptors (Lipinski definition) is 1. The Labute approximate surface area is 131 Å². The number of hydrogen-bond donors (Lipinski definition) is 0. The molecule has 0 spiro atoms. The second kappa shape index (κ2) is 7.79. The second-order valence-corrected chi connectivity index (χ2v) is 8.13. The molecule has 0 bridgehead atoms. The van der Waals surface area contributed by atoms with Crippen molar-refractivity contribution in [2.24, 2.45) is 23.7 Å². The van der Waals surface area contributed by atoms with E-state index in [1.54, 1.807) is 0 Å². The Morgan fingerprint density at radius 2 is 1.24 bits per heavy atom. The average molecular weight is 290 g/mol. The van der Waals surface area contributed by atoms with E-state index in [0.29, 0.717) is 17.6 Å². The van der Waals surface area contributed by atoms with Gasteiger partial charge in [0.15, 0.2) is 0 Å². The van der Waals surface area contributed by atoms with E-state index in [9.17, 15) is 4.79 Å². The Balaban J connectivity index is 1.58. The zero-order chi connectivity index (χ0) is 14.5. The minimum atomic E-state index is 0.440. The molecular formula is C20H34O. The Morgan fingerprint density at radius 1 is 0.667 bits per heavy atom. The predicted molar refractivity (Wildman–Crippen MR) is 88.2 cm³/mol. The highest BCUT2D eigenvalue weighted by atomic mass is 16.1. The average Bonchev–Trinajstić information content (AvgIpc) is 2.56. The molecule has 0 heterocycles. The van der Waals surface area contributed by atoms with Crippen molar-refractivity contribution in [3.8, 4) is 0 Å². The summed E-state index contributed by atoms with van der Waals surface area (Å²) in [6.45, 7) is 0. The molecule has 0 N–H and O–H groups in total. The van der Waals surface area contributed by atoms with Crippen molar-refractivity contribution in [1.82, 2.24) is 0 Å². The van der Waals surface area contributed by atoms with Gasteiger partial charge in [-0.3, -0.25) is 4.79 Å². The van der Waals surface area contributed by atoms with E-state index in [0.717, 1.165) is 11.8 Å². The van der Waals surface area contributed by atoms with E-state index in [1.165, 1.54) is 96.3 Å². The van der Waals surface area contributed by atoms with Crippen LogP contribution in [-0.4, -0.2) is 5.78 Å². The summed E-state index contributed by atoms with van der Waals surface area (Å²) in [6.07, 6.45) is 20.2. The first kappa shape index (κ1) is 15.6. The molecule has 0 unspecified atom stereocenters. The van der Waals surface area contributed by atoms with Crippen LogP contribution in [0.3, 0.4) is 0 Å². The van der Waals surface area contributed by atoms with Crippen LogP contribution in [0, 0.1) is 23.7 Å². The van der Waals surface area contributed by atoms with Crippen molar-refractivity contribution < 1.29 is 4.79 Å². The second-order valence-electron chi connectivity index (χ2n) is 8.13. The van der Waals surface area contributed by atoms with Crippen LogP contribution < -0.4 is 0 Å². The fourth-order valence-electron chi connectivity index (χ4n) is 5.41. The fraction of sp³-hybridized carbons (Fsp3) is 0.950. The summed E-state index contributed by atoms with van der Waals surface area (Å²) < 4.78 is 0. The van der Waals surface area contributed by atoms with Gasteiger partial charge in [0.25, 0.3) is 0 Å². The molecule has 0 aromatic carbocycles. The highest BCUT2D eigenvalue weighted by molar-refractivity contribution is 5.83. The van der Waals surface area contributed by atoms with Crippen LogP contribution in [0.5, 0.6) is 0 Å². The summed E-state index contributed by atoms with van der Waals surface area (Å²) in [5.41, 5.74) is 0. The number of carbonyl (C=O) groups is 1. The van der Waals surface area contributed by atoms with Crippen molar-refractivity contribution >= 4 is 5.78 Å². The molecule has 3 aliphatic rings. The first-order valence-corrected chi connectivity index (χ1v) is 9.88. The van der Waals surface area contributed by atoms with Gasteiger partial charge in [-0.25, -0.2) is 0 Å². The molecule has 3 saturated carbocycles. The number of Topliss-reactive ketones (excluding diaryl/α,β-unsaturated/α-hetero) is 1. The zero-order valence-electron chi connectivity index (χ0n) is 13.8. The van der Waals surface area contributed by atoms with Crippen LogP contribution in [0.1, 0.15) is 96.3 Å². The Morgan fingerprint density at radius 3 is 1.95 bits per heavy atom. The lowest BCUT2D eigenvalue weighted by atomic mass is 9.68. The lowest BCUT2D eigenvalue weighted by Crippen LogP contribution is -2.34. The fourth-order valence-corrected chi connectivity index (χ4v) is 5.41. The van der Waals surface area contributed by atoms with E-state index >= 15 is 0 Å². The van der Waals surface area contributed by atoms with E-state index in [-0.39, 0.29) is 0 Å². The van der Waals surface area contributed by atoms with Crippen LogP contribution in [0.15, 0.2) is 0 Å². The molecule has 0 aromatic rings. The van der Waals surface area contributed by atoms with Gasteiger partial charge in [0.1, 0.15) is 5.78 Å². The van der Waals surface area contributed by atoms with Crippen molar-refractivity contribution in [3.63, 3.8) is 0 Å². The molecule has 0 aliphatic heterocycles. The minimum Gasteiger partial charge on any atom is -0.299 e. The topological polar surface area (TPSA) is 17.1 Å². The van der Waals surface area contributed by atoms with Crippen molar-refractivity contribution in [2.75, 3.05) is 0 Å². The summed E-state index contributed by atoms with van der Waals surface area (Å²) in [4.78, 5) is 13.0. The van der Waals surface area contributed by atoms with E-state index in [2.05, 4.69) is 0 Å².